The van der Waals surface area contributed by atoms with Crippen LogP contribution in [0.3, 0.4) is 0 Å². The van der Waals surface area contributed by atoms with E-state index >= 15 is 0 Å². The number of methoxy groups -OCH3 is 2. The number of nitrogens with zero attached hydrogens (tertiary/aromatic N) is 2. The van der Waals surface area contributed by atoms with Crippen LogP contribution in [-0.4, -0.2) is 68.1 Å². The predicted molar refractivity (Wildman–Crippen MR) is 131 cm³/mol. The zero-order valence-electron chi connectivity index (χ0n) is 20.5. The van der Waals surface area contributed by atoms with E-state index in [0.717, 1.165) is 31.2 Å². The molecule has 1 saturated heterocycles. The lowest BCUT2D eigenvalue weighted by molar-refractivity contribution is -0.129. The van der Waals surface area contributed by atoms with Gasteiger partial charge in [-0.25, -0.2) is 4.39 Å². The second kappa shape index (κ2) is 11.5. The number of hydrogen-bond donors (Lipinski definition) is 1. The Hall–Kier alpha value is -3.13. The Balaban J connectivity index is 1.42. The largest absolute Gasteiger partial charge is 0.496 e. The second-order valence-electron chi connectivity index (χ2n) is 9.20. The van der Waals surface area contributed by atoms with E-state index in [9.17, 15) is 14.0 Å². The van der Waals surface area contributed by atoms with Gasteiger partial charge in [0.15, 0.2) is 0 Å². The summed E-state index contributed by atoms with van der Waals surface area (Å²) in [4.78, 5) is 30.7. The van der Waals surface area contributed by atoms with Crippen molar-refractivity contribution in [2.24, 2.45) is 5.92 Å². The Kier molecular flexibility index (Phi) is 8.23. The van der Waals surface area contributed by atoms with Crippen LogP contribution in [0.4, 0.5) is 4.39 Å². The lowest BCUT2D eigenvalue weighted by Crippen LogP contribution is -2.57. The summed E-state index contributed by atoms with van der Waals surface area (Å²) in [7, 11) is 3.08. The molecule has 35 heavy (non-hydrogen) atoms. The van der Waals surface area contributed by atoms with E-state index in [1.54, 1.807) is 49.5 Å². The standard InChI is InChI=1S/C27H34FN3O4/c1-34-22-8-5-9-23(35-2)24(22)27(33)31-16-14-30(15-17-31)25(20-6-3-4-7-20)26(32)29-18-19-10-12-21(28)13-11-19/h5,8-13,20,25H,3-4,6-7,14-18H2,1-2H3,(H,29,32)/t25-/m0/s1. The van der Waals surface area contributed by atoms with Crippen molar-refractivity contribution in [2.75, 3.05) is 40.4 Å². The van der Waals surface area contributed by atoms with Crippen LogP contribution in [0, 0.1) is 11.7 Å². The van der Waals surface area contributed by atoms with Gasteiger partial charge in [-0.2, -0.15) is 0 Å². The molecule has 0 radical (unpaired) electrons. The summed E-state index contributed by atoms with van der Waals surface area (Å²) in [6.45, 7) is 2.65. The second-order valence-corrected chi connectivity index (χ2v) is 9.20. The first-order valence-electron chi connectivity index (χ1n) is 12.3. The minimum atomic E-state index is -0.290. The first kappa shape index (κ1) is 25.0. The summed E-state index contributed by atoms with van der Waals surface area (Å²) in [6, 6.07) is 11.3. The molecule has 1 N–H and O–H groups in total. The predicted octanol–water partition coefficient (Wildman–Crippen LogP) is 3.48. The first-order valence-corrected chi connectivity index (χ1v) is 12.3. The quantitative estimate of drug-likeness (QED) is 0.623. The Labute approximate surface area is 206 Å². The summed E-state index contributed by atoms with van der Waals surface area (Å²) < 4.78 is 24.0. The number of benzene rings is 2. The zero-order valence-corrected chi connectivity index (χ0v) is 20.5. The molecule has 2 aromatic carbocycles. The van der Waals surface area contributed by atoms with Crippen LogP contribution in [0.15, 0.2) is 42.5 Å². The smallest absolute Gasteiger partial charge is 0.261 e. The number of carbonyl (C=O) groups excluding carboxylic acids is 2. The van der Waals surface area contributed by atoms with Gasteiger partial charge in [0, 0.05) is 32.7 Å². The minimum Gasteiger partial charge on any atom is -0.496 e. The fourth-order valence-corrected chi connectivity index (χ4v) is 5.27. The fourth-order valence-electron chi connectivity index (χ4n) is 5.27. The third-order valence-electron chi connectivity index (χ3n) is 7.13. The maximum atomic E-state index is 13.4. The van der Waals surface area contributed by atoms with Crippen molar-refractivity contribution in [3.05, 3.63) is 59.4 Å². The Morgan fingerprint density at radius 2 is 1.57 bits per heavy atom. The lowest BCUT2D eigenvalue weighted by atomic mass is 9.94. The monoisotopic (exact) mass is 483 g/mol. The number of carbonyl (C=O) groups is 2. The number of hydrogen-bond acceptors (Lipinski definition) is 5. The van der Waals surface area contributed by atoms with Crippen molar-refractivity contribution in [1.29, 1.82) is 0 Å². The molecule has 1 aliphatic carbocycles. The number of amides is 2. The summed E-state index contributed by atoms with van der Waals surface area (Å²) >= 11 is 0. The Morgan fingerprint density at radius 1 is 0.971 bits per heavy atom. The highest BCUT2D eigenvalue weighted by Crippen LogP contribution is 2.33. The molecular weight excluding hydrogens is 449 g/mol. The Morgan fingerprint density at radius 3 is 2.14 bits per heavy atom. The summed E-state index contributed by atoms with van der Waals surface area (Å²) in [5, 5.41) is 3.07. The van der Waals surface area contributed by atoms with Gasteiger partial charge in [0.05, 0.1) is 20.3 Å². The molecule has 1 heterocycles. The van der Waals surface area contributed by atoms with Gasteiger partial charge in [-0.05, 0) is 48.6 Å². The van der Waals surface area contributed by atoms with Gasteiger partial charge in [-0.3, -0.25) is 14.5 Å². The van der Waals surface area contributed by atoms with Crippen molar-refractivity contribution in [3.63, 3.8) is 0 Å². The zero-order chi connectivity index (χ0) is 24.8. The van der Waals surface area contributed by atoms with Crippen LogP contribution in [0.2, 0.25) is 0 Å². The van der Waals surface area contributed by atoms with Crippen LogP contribution >= 0.6 is 0 Å². The van der Waals surface area contributed by atoms with Gasteiger partial charge < -0.3 is 19.7 Å². The molecule has 1 saturated carbocycles. The summed E-state index contributed by atoms with van der Waals surface area (Å²) in [5.74, 6) is 0.868. The van der Waals surface area contributed by atoms with Gasteiger partial charge in [0.25, 0.3) is 5.91 Å². The molecular formula is C27H34FN3O4. The lowest BCUT2D eigenvalue weighted by Gasteiger charge is -2.41. The summed E-state index contributed by atoms with van der Waals surface area (Å²) in [5.41, 5.74) is 1.29. The highest BCUT2D eigenvalue weighted by atomic mass is 19.1. The molecule has 2 amide bonds. The van der Waals surface area contributed by atoms with Crippen molar-refractivity contribution >= 4 is 11.8 Å². The van der Waals surface area contributed by atoms with Gasteiger partial charge in [0.1, 0.15) is 22.9 Å². The van der Waals surface area contributed by atoms with Crippen molar-refractivity contribution in [1.82, 2.24) is 15.1 Å². The number of nitrogens with one attached hydrogen (secondary N) is 1. The average molecular weight is 484 g/mol. The van der Waals surface area contributed by atoms with Crippen LogP contribution < -0.4 is 14.8 Å². The number of piperazine rings is 1. The molecule has 2 aromatic rings. The topological polar surface area (TPSA) is 71.1 Å². The van der Waals surface area contributed by atoms with Crippen LogP contribution in [0.5, 0.6) is 11.5 Å². The van der Waals surface area contributed by atoms with Crippen molar-refractivity contribution < 1.29 is 23.5 Å². The molecule has 188 valence electrons. The SMILES string of the molecule is COc1cccc(OC)c1C(=O)N1CCN([C@H](C(=O)NCc2ccc(F)cc2)C2CCCC2)CC1. The first-order chi connectivity index (χ1) is 17.0. The van der Waals surface area contributed by atoms with E-state index in [-0.39, 0.29) is 23.7 Å². The third kappa shape index (κ3) is 5.75. The molecule has 0 spiro atoms. The average Bonchev–Trinajstić information content (AvgIpc) is 3.42. The van der Waals surface area contributed by atoms with E-state index in [1.807, 2.05) is 0 Å². The maximum Gasteiger partial charge on any atom is 0.261 e. The molecule has 2 aliphatic rings. The van der Waals surface area contributed by atoms with Gasteiger partial charge in [0.2, 0.25) is 5.91 Å². The molecule has 1 aliphatic heterocycles. The highest BCUT2D eigenvalue weighted by molar-refractivity contribution is 5.99. The molecule has 8 heteroatoms. The van der Waals surface area contributed by atoms with Gasteiger partial charge >= 0.3 is 0 Å². The van der Waals surface area contributed by atoms with Crippen LogP contribution in [0.25, 0.3) is 0 Å². The van der Waals surface area contributed by atoms with E-state index in [1.165, 1.54) is 12.1 Å². The number of rotatable bonds is 8. The molecule has 0 bridgehead atoms. The minimum absolute atomic E-state index is 0.00685. The highest BCUT2D eigenvalue weighted by Gasteiger charge is 2.37. The third-order valence-corrected chi connectivity index (χ3v) is 7.13. The normalized spacial score (nSPS) is 17.7. The Bertz CT molecular complexity index is 993. The molecule has 4 rings (SSSR count). The van der Waals surface area contributed by atoms with Gasteiger partial charge in [-0.15, -0.1) is 0 Å². The molecule has 1 atom stereocenters. The fraction of sp³-hybridized carbons (Fsp3) is 0.481. The van der Waals surface area contributed by atoms with E-state index < -0.39 is 0 Å². The van der Waals surface area contributed by atoms with E-state index in [4.69, 9.17) is 9.47 Å². The van der Waals surface area contributed by atoms with Crippen molar-refractivity contribution in [3.8, 4) is 11.5 Å². The number of ether oxygens (including phenoxy) is 2. The van der Waals surface area contributed by atoms with Crippen molar-refractivity contribution in [2.45, 2.75) is 38.3 Å². The van der Waals surface area contributed by atoms with E-state index in [2.05, 4.69) is 10.2 Å². The van der Waals surface area contributed by atoms with E-state index in [0.29, 0.717) is 55.7 Å². The van der Waals surface area contributed by atoms with Crippen LogP contribution in [-0.2, 0) is 11.3 Å². The molecule has 2 fully saturated rings. The summed E-state index contributed by atoms with van der Waals surface area (Å²) in [6.07, 6.45) is 4.34. The molecule has 0 unspecified atom stereocenters. The van der Waals surface area contributed by atoms with Gasteiger partial charge in [-0.1, -0.05) is 31.0 Å². The molecule has 7 nitrogen and oxygen atoms in total. The number of halogens is 1. The van der Waals surface area contributed by atoms with Crippen LogP contribution in [0.1, 0.15) is 41.6 Å². The molecule has 0 aromatic heterocycles. The maximum absolute atomic E-state index is 13.4.